The summed E-state index contributed by atoms with van der Waals surface area (Å²) in [6, 6.07) is 43.6. The zero-order chi connectivity index (χ0) is 87.2. The molecule has 9 heterocycles. The van der Waals surface area contributed by atoms with E-state index in [2.05, 4.69) is 80.8 Å². The molecule has 0 aliphatic carbocycles. The number of amides is 3. The summed E-state index contributed by atoms with van der Waals surface area (Å²) in [4.78, 5) is 90.5. The van der Waals surface area contributed by atoms with Gasteiger partial charge in [0.25, 0.3) is 17.7 Å². The van der Waals surface area contributed by atoms with Crippen LogP contribution in [0.1, 0.15) is 100 Å². The highest BCUT2D eigenvalue weighted by Gasteiger charge is 2.16. The molecule has 15 rings (SSSR count). The maximum absolute atomic E-state index is 13.3. The van der Waals surface area contributed by atoms with Crippen LogP contribution in [0.15, 0.2) is 284 Å². The second-order valence-electron chi connectivity index (χ2n) is 25.0. The molecule has 0 saturated carbocycles. The molecule has 0 atom stereocenters. The van der Waals surface area contributed by atoms with Crippen molar-refractivity contribution in [2.45, 2.75) is 62.2 Å². The van der Waals surface area contributed by atoms with Gasteiger partial charge in [-0.3, -0.25) is 29.3 Å². The van der Waals surface area contributed by atoms with Gasteiger partial charge in [0.15, 0.2) is 0 Å². The van der Waals surface area contributed by atoms with Crippen LogP contribution in [0.4, 0.5) is 34.1 Å². The van der Waals surface area contributed by atoms with E-state index < -0.39 is 25.5 Å². The SMILES string of the molecule is [2H]c1nc(=Nc2cc(C(=O)Nc3cc(C)cc(-n4c([2H])cc(C)c4[2H])c3)ccc2C)[nH]c(-c2cccnc2)c1[2H].[2H]c1nc(=Nc2cc(C(=O)Nc3cc(C)cc(-n4ccc(C)c4)c3)ccc2C([2H])([2H])[2H])[nH]c(-c2cccnc2)c1[2H].[2H]c1nc(=Nc2cc(C(=O)Nc3cc(C)cc(-n4cnc(C)c4)c3)ccc2C([2H])([2H])[2H])[nH]c(-c2cccnc2)c1[2H]. The summed E-state index contributed by atoms with van der Waals surface area (Å²) in [5.74, 6) is -1.27. The predicted octanol–water partition coefficient (Wildman–Crippen LogP) is 16.4. The van der Waals surface area contributed by atoms with E-state index in [4.69, 9.17) is 19.2 Å². The van der Waals surface area contributed by atoms with E-state index in [1.165, 1.54) is 53.4 Å². The third-order valence-electron chi connectivity index (χ3n) is 16.3. The number of aromatic nitrogens is 13. The number of carbonyl (C=O) groups excluding carboxylic acids is 3. The van der Waals surface area contributed by atoms with Gasteiger partial charge in [-0.1, -0.05) is 18.2 Å². The van der Waals surface area contributed by atoms with Gasteiger partial charge < -0.3 is 44.6 Å². The summed E-state index contributed by atoms with van der Waals surface area (Å²) in [7, 11) is 0. The number of nitrogens with one attached hydrogen (secondary N) is 6. The number of hydrogen-bond acceptors (Lipinski definition) is 13. The number of nitrogens with zero attached hydrogens (tertiary/aromatic N) is 13. The van der Waals surface area contributed by atoms with Gasteiger partial charge in [-0.25, -0.2) is 34.9 Å². The Morgan fingerprint density at radius 3 is 1.19 bits per heavy atom. The van der Waals surface area contributed by atoms with Crippen molar-refractivity contribution in [3.63, 3.8) is 0 Å². The molecule has 0 unspecified atom stereocenters. The zero-order valence-electron chi connectivity index (χ0n) is 73.3. The second-order valence-corrected chi connectivity index (χ2v) is 25.0. The highest BCUT2D eigenvalue weighted by molar-refractivity contribution is 6.06. The van der Waals surface area contributed by atoms with E-state index in [0.717, 1.165) is 44.9 Å². The quantitative estimate of drug-likeness (QED) is 0.0564. The Balaban J connectivity index is 0.000000158. The Hall–Kier alpha value is -14.4. The standard InChI is InChI=1S/2C29H26N6O.C28H25N7O/c2*1-19-9-12-35(18-19)25-14-20(2)13-24(16-25)32-28(36)22-7-6-21(3)27(15-22)34-29-31-11-8-26(33-29)23-5-4-10-30-17-23;1-18-11-23(14-24(12-18)35-16-20(3)31-17-35)32-27(36)21-7-6-19(2)26(13-21)34-28-30-10-8-25(33-28)22-5-4-9-29-15-22/h2*4-18H,1-3H3,(H,32,36)(H,31,33,34);4-17H,1-3H3,(H,32,36)(H,30,33,34)/i8D,11D,12D,18D;3D3,8D,11D;2D3,8D,10D. The molecule has 0 fully saturated rings. The maximum atomic E-state index is 13.3. The van der Waals surface area contributed by atoms with Gasteiger partial charge in [0.1, 0.15) is 0 Å². The van der Waals surface area contributed by atoms with E-state index in [-0.39, 0.29) is 117 Å². The normalized spacial score (nSPS) is 13.6. The average Bonchev–Trinajstić information content (AvgIpc) is 1.16. The van der Waals surface area contributed by atoms with Gasteiger partial charge >= 0.3 is 0 Å². The first kappa shape index (κ1) is 56.1. The Morgan fingerprint density at radius 1 is 0.417 bits per heavy atom. The number of pyridine rings is 3. The van der Waals surface area contributed by atoms with E-state index in [1.54, 1.807) is 105 Å². The molecular formula is C86H77N19O3. The molecular weight excluding hydrogens is 1350 g/mol. The molecule has 15 aromatic rings. The summed E-state index contributed by atoms with van der Waals surface area (Å²) in [5, 5.41) is 8.68. The summed E-state index contributed by atoms with van der Waals surface area (Å²) < 4.78 is 119. The summed E-state index contributed by atoms with van der Waals surface area (Å²) >= 11 is 0. The Labute approximate surface area is 643 Å². The van der Waals surface area contributed by atoms with Crippen LogP contribution in [-0.2, 0) is 0 Å². The van der Waals surface area contributed by atoms with Crippen molar-refractivity contribution in [1.29, 1.82) is 0 Å². The molecule has 6 aromatic carbocycles. The Bertz CT molecular complexity index is 6490. The van der Waals surface area contributed by atoms with Crippen molar-refractivity contribution >= 4 is 51.8 Å². The molecule has 0 spiro atoms. The molecule has 0 saturated heterocycles. The molecule has 0 aliphatic rings. The predicted molar refractivity (Wildman–Crippen MR) is 422 cm³/mol. The van der Waals surface area contributed by atoms with Crippen LogP contribution in [0, 0.1) is 62.2 Å². The number of aryl methyl sites for hydroxylation is 9. The topological polar surface area (TPSA) is 277 Å². The van der Waals surface area contributed by atoms with E-state index in [1.807, 2.05) is 124 Å². The molecule has 0 aliphatic heterocycles. The monoisotopic (exact) mass is 1440 g/mol. The first-order valence-corrected chi connectivity index (χ1v) is 33.6. The van der Waals surface area contributed by atoms with Crippen LogP contribution < -0.4 is 32.8 Å². The first-order chi connectivity index (χ1) is 58.0. The van der Waals surface area contributed by atoms with E-state index in [9.17, 15) is 14.4 Å². The molecule has 9 aromatic heterocycles. The van der Waals surface area contributed by atoms with Crippen molar-refractivity contribution in [2.24, 2.45) is 15.0 Å². The largest absolute Gasteiger partial charge is 0.324 e. The number of H-pyrrole nitrogens is 3. The molecule has 3 amide bonds. The van der Waals surface area contributed by atoms with Crippen molar-refractivity contribution in [1.82, 2.24) is 63.5 Å². The number of anilines is 3. The van der Waals surface area contributed by atoms with Crippen molar-refractivity contribution in [3.05, 3.63) is 353 Å². The highest BCUT2D eigenvalue weighted by Crippen LogP contribution is 2.28. The van der Waals surface area contributed by atoms with Gasteiger partial charge in [0.05, 0.1) is 57.1 Å². The van der Waals surface area contributed by atoms with Crippen molar-refractivity contribution in [3.8, 4) is 50.8 Å². The third kappa shape index (κ3) is 18.5. The maximum Gasteiger partial charge on any atom is 0.255 e. The summed E-state index contributed by atoms with van der Waals surface area (Å²) in [6.07, 6.45) is 16.4. The first-order valence-electron chi connectivity index (χ1n) is 40.6. The van der Waals surface area contributed by atoms with Crippen LogP contribution in [0.5, 0.6) is 0 Å². The smallest absolute Gasteiger partial charge is 0.255 e. The molecule has 534 valence electrons. The number of carbonyl (C=O) groups is 3. The minimum atomic E-state index is -2.53. The summed E-state index contributed by atoms with van der Waals surface area (Å²) in [6.45, 7) is 8.20. The molecule has 22 nitrogen and oxygen atoms in total. The number of aromatic amines is 3. The number of benzene rings is 6. The molecule has 6 N–H and O–H groups in total. The van der Waals surface area contributed by atoms with Gasteiger partial charge in [0.2, 0.25) is 16.9 Å². The minimum Gasteiger partial charge on any atom is -0.324 e. The lowest BCUT2D eigenvalue weighted by molar-refractivity contribution is 0.101. The average molecular weight is 1440 g/mol. The molecule has 108 heavy (non-hydrogen) atoms. The zero-order valence-corrected chi connectivity index (χ0v) is 59.3. The fourth-order valence-electron chi connectivity index (χ4n) is 11.1. The van der Waals surface area contributed by atoms with Gasteiger partial charge in [-0.15, -0.1) is 0 Å². The van der Waals surface area contributed by atoms with Crippen LogP contribution in [0.3, 0.4) is 0 Å². The number of rotatable bonds is 15. The van der Waals surface area contributed by atoms with E-state index in [0.29, 0.717) is 61.9 Å². The van der Waals surface area contributed by atoms with Crippen LogP contribution in [0.2, 0.25) is 0 Å². The van der Waals surface area contributed by atoms with E-state index >= 15 is 0 Å². The Kier molecular flexibility index (Phi) is 17.1. The Morgan fingerprint density at radius 2 is 0.824 bits per heavy atom. The van der Waals surface area contributed by atoms with Gasteiger partial charge in [-0.05, 0) is 264 Å². The van der Waals surface area contributed by atoms with Crippen LogP contribution >= 0.6 is 0 Å². The lowest BCUT2D eigenvalue weighted by atomic mass is 10.1. The third-order valence-corrected chi connectivity index (χ3v) is 16.3. The molecule has 0 bridgehead atoms. The molecule has 22 heteroatoms. The number of hydrogen-bond donors (Lipinski definition) is 6. The van der Waals surface area contributed by atoms with Crippen molar-refractivity contribution in [2.75, 3.05) is 16.0 Å². The lowest BCUT2D eigenvalue weighted by Crippen LogP contribution is -2.14. The van der Waals surface area contributed by atoms with Crippen LogP contribution in [0.25, 0.3) is 50.8 Å². The lowest BCUT2D eigenvalue weighted by Gasteiger charge is -2.11. The number of imidazole rings is 1. The summed E-state index contributed by atoms with van der Waals surface area (Å²) in [5.41, 5.74) is 13.7. The van der Waals surface area contributed by atoms with Crippen molar-refractivity contribution < 1.29 is 33.6 Å². The minimum absolute atomic E-state index is 0.0107. The fraction of sp³-hybridized carbons (Fsp3) is 0.105. The highest BCUT2D eigenvalue weighted by atomic mass is 16.2. The fourth-order valence-corrected chi connectivity index (χ4v) is 11.1. The van der Waals surface area contributed by atoms with Gasteiger partial charge in [-0.2, -0.15) is 0 Å². The molecule has 0 radical (unpaired) electrons. The van der Waals surface area contributed by atoms with Gasteiger partial charge in [0, 0.05) is 162 Å². The van der Waals surface area contributed by atoms with Crippen LogP contribution in [-0.4, -0.2) is 81.3 Å². The second kappa shape index (κ2) is 32.9.